The first-order chi connectivity index (χ1) is 12.0. The van der Waals surface area contributed by atoms with Gasteiger partial charge in [-0.2, -0.15) is 5.11 Å². The maximum Gasteiger partial charge on any atom is 0.299 e. The first-order valence-electron chi connectivity index (χ1n) is 7.50. The van der Waals surface area contributed by atoms with Crippen molar-refractivity contribution in [3.63, 3.8) is 0 Å². The Morgan fingerprint density at radius 2 is 1.80 bits per heavy atom. The molecule has 0 atom stereocenters. The summed E-state index contributed by atoms with van der Waals surface area (Å²) >= 11 is 0. The van der Waals surface area contributed by atoms with E-state index in [4.69, 9.17) is 0 Å². The number of aryl methyl sites for hydroxylation is 2. The highest BCUT2D eigenvalue weighted by Gasteiger charge is 2.13. The molecule has 3 rings (SSSR count). The lowest BCUT2D eigenvalue weighted by Crippen LogP contribution is -2.13. The molecular weight excluding hydrogens is 322 g/mol. The number of H-pyrrole nitrogens is 1. The smallest absolute Gasteiger partial charge is 0.293 e. The molecule has 1 heterocycles. The maximum absolute atomic E-state index is 12.5. The van der Waals surface area contributed by atoms with Crippen LogP contribution in [0.3, 0.4) is 0 Å². The number of nitro benzene ring substituents is 1. The zero-order valence-electron chi connectivity index (χ0n) is 13.6. The fraction of sp³-hybridized carbons (Fsp3) is 0.118. The van der Waals surface area contributed by atoms with Gasteiger partial charge in [0.05, 0.1) is 22.0 Å². The molecule has 0 saturated carbocycles. The normalized spacial score (nSPS) is 11.1. The van der Waals surface area contributed by atoms with E-state index in [1.165, 1.54) is 28.9 Å². The van der Waals surface area contributed by atoms with E-state index in [-0.39, 0.29) is 16.9 Å². The van der Waals surface area contributed by atoms with E-state index in [2.05, 4.69) is 15.3 Å². The lowest BCUT2D eigenvalue weighted by atomic mass is 10.2. The first-order valence-corrected chi connectivity index (χ1v) is 7.50. The van der Waals surface area contributed by atoms with Crippen molar-refractivity contribution >= 4 is 17.1 Å². The van der Waals surface area contributed by atoms with Gasteiger partial charge in [-0.05, 0) is 43.7 Å². The number of nitrogens with zero attached hydrogens (tertiary/aromatic N) is 4. The van der Waals surface area contributed by atoms with Crippen LogP contribution in [0.1, 0.15) is 11.3 Å². The third kappa shape index (κ3) is 3.37. The third-order valence-electron chi connectivity index (χ3n) is 3.63. The summed E-state index contributed by atoms with van der Waals surface area (Å²) in [5.41, 5.74) is 2.52. The van der Waals surface area contributed by atoms with Gasteiger partial charge in [0, 0.05) is 12.1 Å². The number of benzene rings is 2. The van der Waals surface area contributed by atoms with E-state index in [1.54, 1.807) is 13.0 Å². The average molecular weight is 337 g/mol. The van der Waals surface area contributed by atoms with Crippen LogP contribution in [0, 0.1) is 24.0 Å². The third-order valence-corrected chi connectivity index (χ3v) is 3.63. The van der Waals surface area contributed by atoms with Crippen molar-refractivity contribution in [2.75, 3.05) is 0 Å². The van der Waals surface area contributed by atoms with E-state index >= 15 is 0 Å². The quantitative estimate of drug-likeness (QED) is 0.440. The molecule has 0 saturated heterocycles. The van der Waals surface area contributed by atoms with Crippen LogP contribution < -0.4 is 5.56 Å². The molecule has 0 aliphatic rings. The Kier molecular flexibility index (Phi) is 4.25. The van der Waals surface area contributed by atoms with Crippen LogP contribution in [0.15, 0.2) is 63.6 Å². The number of aromatic nitrogens is 2. The number of azo groups is 1. The molecule has 0 amide bonds. The predicted octanol–water partition coefficient (Wildman–Crippen LogP) is 4.11. The minimum atomic E-state index is -0.492. The van der Waals surface area contributed by atoms with E-state index in [0.717, 1.165) is 5.56 Å². The zero-order valence-corrected chi connectivity index (χ0v) is 13.6. The monoisotopic (exact) mass is 337 g/mol. The molecule has 0 unspecified atom stereocenters. The van der Waals surface area contributed by atoms with E-state index in [9.17, 15) is 14.9 Å². The van der Waals surface area contributed by atoms with E-state index in [1.807, 2.05) is 25.1 Å². The van der Waals surface area contributed by atoms with Crippen LogP contribution in [0.25, 0.3) is 5.69 Å². The summed E-state index contributed by atoms with van der Waals surface area (Å²) in [6.07, 6.45) is 0. The van der Waals surface area contributed by atoms with Gasteiger partial charge in [0.1, 0.15) is 0 Å². The Balaban J connectivity index is 1.96. The number of non-ortho nitro benzene ring substituents is 1. The second-order valence-electron chi connectivity index (χ2n) is 5.54. The lowest BCUT2D eigenvalue weighted by molar-refractivity contribution is -0.384. The minimum Gasteiger partial charge on any atom is -0.293 e. The highest BCUT2D eigenvalue weighted by atomic mass is 16.6. The molecule has 126 valence electrons. The summed E-state index contributed by atoms with van der Waals surface area (Å²) in [6.45, 7) is 3.66. The van der Waals surface area contributed by atoms with E-state index in [0.29, 0.717) is 17.1 Å². The topological polar surface area (TPSA) is 106 Å². The Bertz CT molecular complexity index is 1020. The van der Waals surface area contributed by atoms with Crippen molar-refractivity contribution in [1.82, 2.24) is 9.78 Å². The van der Waals surface area contributed by atoms with Crippen molar-refractivity contribution < 1.29 is 4.92 Å². The van der Waals surface area contributed by atoms with Crippen molar-refractivity contribution in [2.45, 2.75) is 13.8 Å². The highest BCUT2D eigenvalue weighted by Crippen LogP contribution is 2.20. The Morgan fingerprint density at radius 1 is 1.08 bits per heavy atom. The molecule has 1 N–H and O–H groups in total. The fourth-order valence-corrected chi connectivity index (χ4v) is 2.36. The van der Waals surface area contributed by atoms with Crippen molar-refractivity contribution in [3.8, 4) is 5.69 Å². The highest BCUT2D eigenvalue weighted by molar-refractivity contribution is 5.46. The van der Waals surface area contributed by atoms with Crippen LogP contribution in [0.4, 0.5) is 17.1 Å². The number of hydrogen-bond acceptors (Lipinski definition) is 5. The molecule has 0 bridgehead atoms. The van der Waals surface area contributed by atoms with Crippen LogP contribution in [-0.2, 0) is 0 Å². The van der Waals surface area contributed by atoms with Crippen LogP contribution >= 0.6 is 0 Å². The van der Waals surface area contributed by atoms with Crippen LogP contribution in [-0.4, -0.2) is 14.7 Å². The molecule has 0 spiro atoms. The maximum atomic E-state index is 12.5. The summed E-state index contributed by atoms with van der Waals surface area (Å²) in [4.78, 5) is 22.8. The average Bonchev–Trinajstić information content (AvgIpc) is 2.87. The summed E-state index contributed by atoms with van der Waals surface area (Å²) in [7, 11) is 0. The molecule has 0 aliphatic heterocycles. The number of rotatable bonds is 4. The largest absolute Gasteiger partial charge is 0.299 e. The minimum absolute atomic E-state index is 0.0422. The predicted molar refractivity (Wildman–Crippen MR) is 93.1 cm³/mol. The number of nitro groups is 1. The Hall–Kier alpha value is -3.55. The summed E-state index contributed by atoms with van der Waals surface area (Å²) in [6, 6.07) is 13.1. The molecule has 0 aliphatic carbocycles. The number of nitrogens with one attached hydrogen (secondary N) is 1. The second kappa shape index (κ2) is 6.52. The van der Waals surface area contributed by atoms with Gasteiger partial charge in [-0.25, -0.2) is 4.68 Å². The summed E-state index contributed by atoms with van der Waals surface area (Å²) < 4.78 is 1.28. The summed E-state index contributed by atoms with van der Waals surface area (Å²) in [5.74, 6) is 0. The molecular formula is C17H15N5O3. The fourth-order valence-electron chi connectivity index (χ4n) is 2.36. The molecule has 8 heteroatoms. The van der Waals surface area contributed by atoms with Gasteiger partial charge in [-0.15, -0.1) is 5.11 Å². The lowest BCUT2D eigenvalue weighted by Gasteiger charge is -2.00. The number of aromatic amines is 1. The first kappa shape index (κ1) is 16.3. The van der Waals surface area contributed by atoms with Crippen molar-refractivity contribution in [1.29, 1.82) is 0 Å². The standard InChI is InChI=1S/C17H15N5O3/c1-11-4-3-5-13(10-11)18-19-16-12(2)20-21(17(16)23)14-6-8-15(9-7-14)22(24)25/h3-10,20H,1-2H3. The Labute approximate surface area is 142 Å². The van der Waals surface area contributed by atoms with Gasteiger partial charge in [0.25, 0.3) is 11.2 Å². The van der Waals surface area contributed by atoms with Crippen molar-refractivity contribution in [2.24, 2.45) is 10.2 Å². The van der Waals surface area contributed by atoms with Gasteiger partial charge in [0.2, 0.25) is 0 Å². The van der Waals surface area contributed by atoms with Crippen LogP contribution in [0.2, 0.25) is 0 Å². The molecule has 0 radical (unpaired) electrons. The molecule has 25 heavy (non-hydrogen) atoms. The molecule has 0 fully saturated rings. The second-order valence-corrected chi connectivity index (χ2v) is 5.54. The van der Waals surface area contributed by atoms with Gasteiger partial charge in [-0.1, -0.05) is 12.1 Å². The van der Waals surface area contributed by atoms with Gasteiger partial charge in [0.15, 0.2) is 5.69 Å². The molecule has 8 nitrogen and oxygen atoms in total. The molecule has 2 aromatic carbocycles. The SMILES string of the molecule is Cc1cccc(N=Nc2c(C)[nH]n(-c3ccc([N+](=O)[O-])cc3)c2=O)c1. The van der Waals surface area contributed by atoms with Crippen molar-refractivity contribution in [3.05, 3.63) is 80.3 Å². The van der Waals surface area contributed by atoms with E-state index < -0.39 is 4.92 Å². The number of hydrogen-bond donors (Lipinski definition) is 1. The molecule has 3 aromatic rings. The van der Waals surface area contributed by atoms with Crippen LogP contribution in [0.5, 0.6) is 0 Å². The van der Waals surface area contributed by atoms with Gasteiger partial charge >= 0.3 is 0 Å². The van der Waals surface area contributed by atoms with Gasteiger partial charge in [-0.3, -0.25) is 20.0 Å². The Morgan fingerprint density at radius 3 is 2.44 bits per heavy atom. The van der Waals surface area contributed by atoms with Gasteiger partial charge < -0.3 is 0 Å². The zero-order chi connectivity index (χ0) is 18.0. The molecule has 1 aromatic heterocycles. The summed E-state index contributed by atoms with van der Waals surface area (Å²) in [5, 5.41) is 21.8.